The minimum absolute atomic E-state index is 0.148. The minimum Gasteiger partial charge on any atom is -0.406 e. The number of hydrogen-bond acceptors (Lipinski definition) is 3. The van der Waals surface area contributed by atoms with Crippen LogP contribution in [0.15, 0.2) is 18.2 Å². The Bertz CT molecular complexity index is 446. The van der Waals surface area contributed by atoms with E-state index in [4.69, 9.17) is 0 Å². The summed E-state index contributed by atoms with van der Waals surface area (Å²) in [6.07, 6.45) is -3.73. The molecule has 106 valence electrons. The van der Waals surface area contributed by atoms with Gasteiger partial charge in [0.05, 0.1) is 0 Å². The minimum atomic E-state index is -4.64. The van der Waals surface area contributed by atoms with E-state index in [9.17, 15) is 13.2 Å². The van der Waals surface area contributed by atoms with Crippen molar-refractivity contribution in [3.8, 4) is 5.75 Å². The number of alkyl halides is 3. The Morgan fingerprint density at radius 3 is 2.74 bits per heavy atom. The predicted molar refractivity (Wildman–Crippen MR) is 67.5 cm³/mol. The number of ether oxygens (including phenoxy) is 1. The molecule has 19 heavy (non-hydrogen) atoms. The fourth-order valence-corrected chi connectivity index (χ4v) is 2.25. The van der Waals surface area contributed by atoms with Crippen molar-refractivity contribution in [3.63, 3.8) is 0 Å². The highest BCUT2D eigenvalue weighted by molar-refractivity contribution is 5.60. The van der Waals surface area contributed by atoms with Gasteiger partial charge in [0.15, 0.2) is 0 Å². The SMILES string of the molecule is CN(C)CCC1CNc2ccc(OC(F)(F)F)cc21. The van der Waals surface area contributed by atoms with Crippen molar-refractivity contribution in [1.82, 2.24) is 4.90 Å². The molecule has 1 N–H and O–H groups in total. The lowest BCUT2D eigenvalue weighted by molar-refractivity contribution is -0.274. The number of benzene rings is 1. The van der Waals surface area contributed by atoms with Gasteiger partial charge >= 0.3 is 6.36 Å². The predicted octanol–water partition coefficient (Wildman–Crippen LogP) is 3.05. The maximum Gasteiger partial charge on any atom is 0.573 e. The molecular weight excluding hydrogens is 257 g/mol. The van der Waals surface area contributed by atoms with Crippen LogP contribution in [0.1, 0.15) is 17.9 Å². The van der Waals surface area contributed by atoms with Crippen LogP contribution < -0.4 is 10.1 Å². The van der Waals surface area contributed by atoms with Gasteiger partial charge in [0.25, 0.3) is 0 Å². The molecule has 0 spiro atoms. The summed E-state index contributed by atoms with van der Waals surface area (Å²) in [6.45, 7) is 1.66. The quantitative estimate of drug-likeness (QED) is 0.913. The van der Waals surface area contributed by atoms with Crippen molar-refractivity contribution in [2.24, 2.45) is 0 Å². The van der Waals surface area contributed by atoms with E-state index >= 15 is 0 Å². The van der Waals surface area contributed by atoms with Crippen molar-refractivity contribution in [3.05, 3.63) is 23.8 Å². The summed E-state index contributed by atoms with van der Waals surface area (Å²) in [5.41, 5.74) is 1.81. The van der Waals surface area contributed by atoms with Crippen LogP contribution in [0, 0.1) is 0 Å². The first-order valence-corrected chi connectivity index (χ1v) is 6.13. The maximum atomic E-state index is 12.2. The molecule has 1 aromatic rings. The number of nitrogens with zero attached hydrogens (tertiary/aromatic N) is 1. The van der Waals surface area contributed by atoms with E-state index in [1.807, 2.05) is 14.1 Å². The van der Waals surface area contributed by atoms with Crippen LogP contribution in [0.2, 0.25) is 0 Å². The van der Waals surface area contributed by atoms with Gasteiger partial charge in [-0.25, -0.2) is 0 Å². The van der Waals surface area contributed by atoms with Gasteiger partial charge in [0.2, 0.25) is 0 Å². The first-order chi connectivity index (χ1) is 8.85. The number of hydrogen-bond donors (Lipinski definition) is 1. The second kappa shape index (κ2) is 5.28. The van der Waals surface area contributed by atoms with Crippen molar-refractivity contribution in [2.45, 2.75) is 18.7 Å². The molecule has 3 nitrogen and oxygen atoms in total. The van der Waals surface area contributed by atoms with Gasteiger partial charge in [-0.05, 0) is 50.8 Å². The van der Waals surface area contributed by atoms with Crippen LogP contribution >= 0.6 is 0 Å². The molecule has 1 aromatic carbocycles. The van der Waals surface area contributed by atoms with Crippen molar-refractivity contribution in [1.29, 1.82) is 0 Å². The highest BCUT2D eigenvalue weighted by Gasteiger charge is 2.32. The average Bonchev–Trinajstić information content (AvgIpc) is 2.66. The standard InChI is InChI=1S/C13H17F3N2O/c1-18(2)6-5-9-8-17-12-4-3-10(7-11(9)12)19-13(14,15)16/h3-4,7,9,17H,5-6,8H2,1-2H3. The summed E-state index contributed by atoms with van der Waals surface area (Å²) in [4.78, 5) is 2.06. The van der Waals surface area contributed by atoms with E-state index in [1.165, 1.54) is 12.1 Å². The number of fused-ring (bicyclic) bond motifs is 1. The summed E-state index contributed by atoms with van der Waals surface area (Å²) < 4.78 is 40.6. The third kappa shape index (κ3) is 3.76. The van der Waals surface area contributed by atoms with Crippen LogP contribution in [0.25, 0.3) is 0 Å². The van der Waals surface area contributed by atoms with Gasteiger partial charge in [-0.2, -0.15) is 0 Å². The first-order valence-electron chi connectivity index (χ1n) is 6.13. The number of halogens is 3. The van der Waals surface area contributed by atoms with Crippen LogP contribution in [-0.2, 0) is 0 Å². The molecule has 1 heterocycles. The zero-order valence-corrected chi connectivity index (χ0v) is 10.9. The largest absolute Gasteiger partial charge is 0.573 e. The second-order valence-electron chi connectivity index (χ2n) is 4.97. The van der Waals surface area contributed by atoms with Crippen molar-refractivity contribution < 1.29 is 17.9 Å². The normalized spacial score (nSPS) is 18.3. The van der Waals surface area contributed by atoms with E-state index in [2.05, 4.69) is 15.0 Å². The molecule has 1 atom stereocenters. The zero-order valence-electron chi connectivity index (χ0n) is 10.9. The van der Waals surface area contributed by atoms with Crippen molar-refractivity contribution >= 4 is 5.69 Å². The molecule has 2 rings (SSSR count). The van der Waals surface area contributed by atoms with E-state index < -0.39 is 6.36 Å². The Labute approximate surface area is 110 Å². The summed E-state index contributed by atoms with van der Waals surface area (Å²) in [7, 11) is 3.96. The Kier molecular flexibility index (Phi) is 3.89. The second-order valence-corrected chi connectivity index (χ2v) is 4.97. The van der Waals surface area contributed by atoms with Gasteiger partial charge in [-0.15, -0.1) is 13.2 Å². The lowest BCUT2D eigenvalue weighted by atomic mass is 9.97. The molecule has 0 saturated carbocycles. The summed E-state index contributed by atoms with van der Waals surface area (Å²) in [6, 6.07) is 4.48. The third-order valence-corrected chi connectivity index (χ3v) is 3.16. The van der Waals surface area contributed by atoms with Gasteiger partial charge in [0.1, 0.15) is 5.75 Å². The van der Waals surface area contributed by atoms with Crippen LogP contribution in [-0.4, -0.2) is 38.4 Å². The number of rotatable bonds is 4. The molecule has 1 aliphatic heterocycles. The van der Waals surface area contributed by atoms with E-state index in [0.717, 1.165) is 30.8 Å². The molecule has 0 bridgehead atoms. The molecule has 1 aliphatic rings. The van der Waals surface area contributed by atoms with Gasteiger partial charge < -0.3 is 15.0 Å². The van der Waals surface area contributed by atoms with Gasteiger partial charge in [-0.3, -0.25) is 0 Å². The Hall–Kier alpha value is -1.43. The molecule has 6 heteroatoms. The molecule has 0 radical (unpaired) electrons. The van der Waals surface area contributed by atoms with Gasteiger partial charge in [-0.1, -0.05) is 0 Å². The first kappa shape index (κ1) is 14.0. The molecule has 0 aliphatic carbocycles. The van der Waals surface area contributed by atoms with E-state index in [0.29, 0.717) is 0 Å². The molecule has 0 fully saturated rings. The fraction of sp³-hybridized carbons (Fsp3) is 0.538. The average molecular weight is 274 g/mol. The highest BCUT2D eigenvalue weighted by atomic mass is 19.4. The summed E-state index contributed by atoms with van der Waals surface area (Å²) >= 11 is 0. The van der Waals surface area contributed by atoms with Crippen LogP contribution in [0.3, 0.4) is 0 Å². The Morgan fingerprint density at radius 1 is 1.37 bits per heavy atom. The number of anilines is 1. The fourth-order valence-electron chi connectivity index (χ4n) is 2.25. The summed E-state index contributed by atoms with van der Waals surface area (Å²) in [5.74, 6) is 0.0824. The zero-order chi connectivity index (χ0) is 14.0. The third-order valence-electron chi connectivity index (χ3n) is 3.16. The molecular formula is C13H17F3N2O. The molecule has 0 aromatic heterocycles. The highest BCUT2D eigenvalue weighted by Crippen LogP contribution is 2.37. The van der Waals surface area contributed by atoms with Crippen LogP contribution in [0.4, 0.5) is 18.9 Å². The molecule has 0 amide bonds. The van der Waals surface area contributed by atoms with E-state index in [1.54, 1.807) is 6.07 Å². The molecule has 1 unspecified atom stereocenters. The topological polar surface area (TPSA) is 24.5 Å². The Balaban J connectivity index is 2.12. The van der Waals surface area contributed by atoms with Crippen LogP contribution in [0.5, 0.6) is 5.75 Å². The maximum absolute atomic E-state index is 12.2. The monoisotopic (exact) mass is 274 g/mol. The summed E-state index contributed by atoms with van der Waals surface area (Å²) in [5, 5.41) is 3.21. The lowest BCUT2D eigenvalue weighted by Gasteiger charge is -2.15. The number of nitrogens with one attached hydrogen (secondary N) is 1. The van der Waals surface area contributed by atoms with Gasteiger partial charge in [0, 0.05) is 18.2 Å². The Morgan fingerprint density at radius 2 is 2.11 bits per heavy atom. The van der Waals surface area contributed by atoms with E-state index in [-0.39, 0.29) is 11.7 Å². The lowest BCUT2D eigenvalue weighted by Crippen LogP contribution is -2.18. The van der Waals surface area contributed by atoms with Crippen molar-refractivity contribution in [2.75, 3.05) is 32.5 Å². The smallest absolute Gasteiger partial charge is 0.406 e. The molecule has 0 saturated heterocycles.